The molecule has 1 fully saturated rings. The summed E-state index contributed by atoms with van der Waals surface area (Å²) >= 11 is 1.55. The highest BCUT2D eigenvalue weighted by Gasteiger charge is 2.21. The summed E-state index contributed by atoms with van der Waals surface area (Å²) in [5.74, 6) is 0.206. The average Bonchev–Trinajstić information content (AvgIpc) is 3.09. The molecule has 1 saturated heterocycles. The maximum Gasteiger partial charge on any atom is 0.254 e. The SMILES string of the molecule is O=C(CN1CCCN(C(=O)c2ccsc2)CC1)NCCC1=CCCCC1. The Morgan fingerprint density at radius 2 is 2.04 bits per heavy atom. The fourth-order valence-electron chi connectivity index (χ4n) is 3.65. The van der Waals surface area contributed by atoms with Crippen LogP contribution in [0.2, 0.25) is 0 Å². The first kappa shape index (κ1) is 19.1. The van der Waals surface area contributed by atoms with Crippen molar-refractivity contribution >= 4 is 23.2 Å². The highest BCUT2D eigenvalue weighted by atomic mass is 32.1. The zero-order valence-electron chi connectivity index (χ0n) is 15.4. The molecule has 2 aliphatic rings. The third-order valence-electron chi connectivity index (χ3n) is 5.16. The van der Waals surface area contributed by atoms with Gasteiger partial charge in [-0.05, 0) is 50.0 Å². The molecular formula is C20H29N3O2S. The fourth-order valence-corrected chi connectivity index (χ4v) is 4.28. The third kappa shape index (κ3) is 5.68. The lowest BCUT2D eigenvalue weighted by atomic mass is 9.97. The minimum Gasteiger partial charge on any atom is -0.355 e. The lowest BCUT2D eigenvalue weighted by Crippen LogP contribution is -2.40. The molecule has 0 spiro atoms. The topological polar surface area (TPSA) is 52.7 Å². The number of carbonyl (C=O) groups is 2. The van der Waals surface area contributed by atoms with Crippen LogP contribution in [-0.4, -0.2) is 60.9 Å². The van der Waals surface area contributed by atoms with Crippen LogP contribution in [0.5, 0.6) is 0 Å². The molecule has 142 valence electrons. The molecule has 0 unspecified atom stereocenters. The molecule has 1 aliphatic carbocycles. The molecule has 1 aliphatic heterocycles. The van der Waals surface area contributed by atoms with Gasteiger partial charge in [0.1, 0.15) is 0 Å². The Bertz CT molecular complexity index is 627. The molecule has 0 radical (unpaired) electrons. The number of allylic oxidation sites excluding steroid dienone is 1. The van der Waals surface area contributed by atoms with Crippen LogP contribution in [0.3, 0.4) is 0 Å². The largest absolute Gasteiger partial charge is 0.355 e. The van der Waals surface area contributed by atoms with Gasteiger partial charge >= 0.3 is 0 Å². The Morgan fingerprint density at radius 3 is 2.81 bits per heavy atom. The highest BCUT2D eigenvalue weighted by molar-refractivity contribution is 7.08. The number of thiophene rings is 1. The quantitative estimate of drug-likeness (QED) is 0.778. The number of hydrogen-bond acceptors (Lipinski definition) is 4. The number of nitrogens with zero attached hydrogens (tertiary/aromatic N) is 2. The first-order chi connectivity index (χ1) is 12.7. The van der Waals surface area contributed by atoms with Crippen molar-refractivity contribution in [3.63, 3.8) is 0 Å². The zero-order chi connectivity index (χ0) is 18.2. The predicted octanol–water partition coefficient (Wildman–Crippen LogP) is 2.90. The van der Waals surface area contributed by atoms with Crippen molar-refractivity contribution in [1.29, 1.82) is 0 Å². The van der Waals surface area contributed by atoms with Crippen LogP contribution >= 0.6 is 11.3 Å². The van der Waals surface area contributed by atoms with Crippen LogP contribution < -0.4 is 5.32 Å². The van der Waals surface area contributed by atoms with Crippen LogP contribution in [-0.2, 0) is 4.79 Å². The van der Waals surface area contributed by atoms with Crippen molar-refractivity contribution in [2.45, 2.75) is 38.5 Å². The molecule has 0 bridgehead atoms. The summed E-state index contributed by atoms with van der Waals surface area (Å²) in [4.78, 5) is 28.8. The molecule has 0 saturated carbocycles. The van der Waals surface area contributed by atoms with Gasteiger partial charge < -0.3 is 10.2 Å². The van der Waals surface area contributed by atoms with E-state index < -0.39 is 0 Å². The van der Waals surface area contributed by atoms with Gasteiger partial charge in [0, 0.05) is 38.1 Å². The number of nitrogens with one attached hydrogen (secondary N) is 1. The van der Waals surface area contributed by atoms with Gasteiger partial charge in [-0.15, -0.1) is 0 Å². The lowest BCUT2D eigenvalue weighted by Gasteiger charge is -2.21. The number of rotatable bonds is 6. The Labute approximate surface area is 160 Å². The molecule has 1 N–H and O–H groups in total. The molecule has 6 heteroatoms. The van der Waals surface area contributed by atoms with E-state index in [-0.39, 0.29) is 11.8 Å². The normalized spacial score (nSPS) is 18.9. The van der Waals surface area contributed by atoms with Crippen LogP contribution in [0.1, 0.15) is 48.9 Å². The van der Waals surface area contributed by atoms with Crippen molar-refractivity contribution in [2.24, 2.45) is 0 Å². The summed E-state index contributed by atoms with van der Waals surface area (Å²) in [5, 5.41) is 6.89. The van der Waals surface area contributed by atoms with E-state index in [9.17, 15) is 9.59 Å². The van der Waals surface area contributed by atoms with E-state index >= 15 is 0 Å². The maximum atomic E-state index is 12.5. The molecular weight excluding hydrogens is 346 g/mol. The third-order valence-corrected chi connectivity index (χ3v) is 5.85. The zero-order valence-corrected chi connectivity index (χ0v) is 16.2. The second kappa shape index (κ2) is 9.88. The second-order valence-electron chi connectivity index (χ2n) is 7.14. The van der Waals surface area contributed by atoms with Crippen LogP contribution in [0.15, 0.2) is 28.5 Å². The van der Waals surface area contributed by atoms with Gasteiger partial charge in [-0.25, -0.2) is 0 Å². The molecule has 26 heavy (non-hydrogen) atoms. The molecule has 3 rings (SSSR count). The lowest BCUT2D eigenvalue weighted by molar-refractivity contribution is -0.122. The first-order valence-corrected chi connectivity index (χ1v) is 10.6. The molecule has 2 amide bonds. The number of carbonyl (C=O) groups excluding carboxylic acids is 2. The molecule has 2 heterocycles. The first-order valence-electron chi connectivity index (χ1n) is 9.71. The van der Waals surface area contributed by atoms with Crippen LogP contribution in [0, 0.1) is 0 Å². The molecule has 1 aromatic heterocycles. The van der Waals surface area contributed by atoms with Gasteiger partial charge in [-0.2, -0.15) is 11.3 Å². The number of hydrogen-bond donors (Lipinski definition) is 1. The van der Waals surface area contributed by atoms with Gasteiger partial charge in [0.2, 0.25) is 5.91 Å². The van der Waals surface area contributed by atoms with Gasteiger partial charge in [0.15, 0.2) is 0 Å². The van der Waals surface area contributed by atoms with Crippen molar-refractivity contribution in [3.05, 3.63) is 34.0 Å². The highest BCUT2D eigenvalue weighted by Crippen LogP contribution is 2.19. The summed E-state index contributed by atoms with van der Waals surface area (Å²) in [7, 11) is 0. The van der Waals surface area contributed by atoms with E-state index in [1.165, 1.54) is 31.3 Å². The van der Waals surface area contributed by atoms with Crippen LogP contribution in [0.4, 0.5) is 0 Å². The van der Waals surface area contributed by atoms with Gasteiger partial charge in [0.05, 0.1) is 12.1 Å². The van der Waals surface area contributed by atoms with E-state index in [4.69, 9.17) is 0 Å². The monoisotopic (exact) mass is 375 g/mol. The summed E-state index contributed by atoms with van der Waals surface area (Å²) in [6.45, 7) is 4.25. The van der Waals surface area contributed by atoms with Gasteiger partial charge in [-0.3, -0.25) is 14.5 Å². The fraction of sp³-hybridized carbons (Fsp3) is 0.600. The Balaban J connectivity index is 1.38. The molecule has 5 nitrogen and oxygen atoms in total. The smallest absolute Gasteiger partial charge is 0.254 e. The predicted molar refractivity (Wildman–Crippen MR) is 105 cm³/mol. The minimum absolute atomic E-state index is 0.0963. The minimum atomic E-state index is 0.0963. The Kier molecular flexibility index (Phi) is 7.26. The van der Waals surface area contributed by atoms with Crippen molar-refractivity contribution in [3.8, 4) is 0 Å². The molecule has 0 atom stereocenters. The van der Waals surface area contributed by atoms with E-state index in [0.717, 1.165) is 44.6 Å². The van der Waals surface area contributed by atoms with E-state index in [2.05, 4.69) is 16.3 Å². The summed E-state index contributed by atoms with van der Waals surface area (Å²) < 4.78 is 0. The van der Waals surface area contributed by atoms with E-state index in [1.807, 2.05) is 21.7 Å². The average molecular weight is 376 g/mol. The Morgan fingerprint density at radius 1 is 1.12 bits per heavy atom. The summed E-state index contributed by atoms with van der Waals surface area (Å²) in [6.07, 6.45) is 9.20. The van der Waals surface area contributed by atoms with E-state index in [0.29, 0.717) is 13.1 Å². The van der Waals surface area contributed by atoms with Gasteiger partial charge in [-0.1, -0.05) is 11.6 Å². The summed E-state index contributed by atoms with van der Waals surface area (Å²) in [6, 6.07) is 1.88. The standard InChI is InChI=1S/C20H29N3O2S/c24-19(21-9-7-17-5-2-1-3-6-17)15-22-10-4-11-23(13-12-22)20(25)18-8-14-26-16-18/h5,8,14,16H,1-4,6-7,9-13,15H2,(H,21,24). The van der Waals surface area contributed by atoms with E-state index in [1.54, 1.807) is 11.3 Å². The second-order valence-corrected chi connectivity index (χ2v) is 7.92. The molecule has 1 aromatic rings. The Hall–Kier alpha value is -1.66. The van der Waals surface area contributed by atoms with Crippen LogP contribution in [0.25, 0.3) is 0 Å². The van der Waals surface area contributed by atoms with Crippen molar-refractivity contribution in [2.75, 3.05) is 39.3 Å². The van der Waals surface area contributed by atoms with Crippen molar-refractivity contribution < 1.29 is 9.59 Å². The molecule has 0 aromatic carbocycles. The number of amides is 2. The van der Waals surface area contributed by atoms with Crippen molar-refractivity contribution in [1.82, 2.24) is 15.1 Å². The maximum absolute atomic E-state index is 12.5. The van der Waals surface area contributed by atoms with Gasteiger partial charge in [0.25, 0.3) is 5.91 Å². The summed E-state index contributed by atoms with van der Waals surface area (Å²) in [5.41, 5.74) is 2.27.